The molecular formula is C19H24N2O4. The van der Waals surface area contributed by atoms with E-state index in [9.17, 15) is 4.79 Å². The molecule has 6 heteroatoms. The number of anilines is 1. The van der Waals surface area contributed by atoms with Crippen molar-refractivity contribution in [2.24, 2.45) is 0 Å². The predicted molar refractivity (Wildman–Crippen MR) is 97.9 cm³/mol. The Bertz CT molecular complexity index is 704. The molecule has 2 aromatic carbocycles. The highest BCUT2D eigenvalue weighted by Gasteiger charge is 2.07. The third kappa shape index (κ3) is 5.60. The average Bonchev–Trinajstić information content (AvgIpc) is 2.61. The van der Waals surface area contributed by atoms with E-state index in [1.54, 1.807) is 13.2 Å². The molecule has 25 heavy (non-hydrogen) atoms. The van der Waals surface area contributed by atoms with Crippen LogP contribution in [-0.4, -0.2) is 32.9 Å². The molecule has 2 amide bonds. The standard InChI is InChI=1S/C19H24N2O4/c1-4-24-16-8-6-5-7-15(16)21-19(22)20-11-12-25-17-10-9-14(2)13-18(17)23-3/h5-10,13H,4,11-12H2,1-3H3,(H2,20,21,22). The van der Waals surface area contributed by atoms with Crippen molar-refractivity contribution < 1.29 is 19.0 Å². The molecule has 6 nitrogen and oxygen atoms in total. The minimum Gasteiger partial charge on any atom is -0.493 e. The maximum absolute atomic E-state index is 12.0. The van der Waals surface area contributed by atoms with Crippen molar-refractivity contribution in [3.05, 3.63) is 48.0 Å². The number of rotatable bonds is 8. The molecule has 0 radical (unpaired) electrons. The van der Waals surface area contributed by atoms with Gasteiger partial charge in [0.2, 0.25) is 0 Å². The fourth-order valence-corrected chi connectivity index (χ4v) is 2.24. The van der Waals surface area contributed by atoms with E-state index in [2.05, 4.69) is 10.6 Å². The highest BCUT2D eigenvalue weighted by molar-refractivity contribution is 5.90. The fraction of sp³-hybridized carbons (Fsp3) is 0.316. The van der Waals surface area contributed by atoms with Crippen LogP contribution in [0.3, 0.4) is 0 Å². The van der Waals surface area contributed by atoms with Gasteiger partial charge in [-0.05, 0) is 43.7 Å². The molecule has 0 unspecified atom stereocenters. The number of amides is 2. The van der Waals surface area contributed by atoms with Crippen LogP contribution >= 0.6 is 0 Å². The summed E-state index contributed by atoms with van der Waals surface area (Å²) in [4.78, 5) is 12.0. The van der Waals surface area contributed by atoms with Gasteiger partial charge in [-0.1, -0.05) is 18.2 Å². The van der Waals surface area contributed by atoms with Crippen molar-refractivity contribution in [2.75, 3.05) is 32.2 Å². The van der Waals surface area contributed by atoms with Gasteiger partial charge in [0, 0.05) is 0 Å². The Hall–Kier alpha value is -2.89. The van der Waals surface area contributed by atoms with Gasteiger partial charge >= 0.3 is 6.03 Å². The van der Waals surface area contributed by atoms with E-state index < -0.39 is 0 Å². The number of hydrogen-bond donors (Lipinski definition) is 2. The molecule has 0 heterocycles. The van der Waals surface area contributed by atoms with Crippen molar-refractivity contribution in [1.29, 1.82) is 0 Å². The predicted octanol–water partition coefficient (Wildman–Crippen LogP) is 3.60. The summed E-state index contributed by atoms with van der Waals surface area (Å²) in [5.41, 5.74) is 1.72. The first-order chi connectivity index (χ1) is 12.1. The molecule has 0 saturated carbocycles. The Morgan fingerprint density at radius 1 is 1.04 bits per heavy atom. The van der Waals surface area contributed by atoms with Gasteiger partial charge in [-0.15, -0.1) is 0 Å². The van der Waals surface area contributed by atoms with Crippen LogP contribution in [0.2, 0.25) is 0 Å². The van der Waals surface area contributed by atoms with Gasteiger partial charge in [0.1, 0.15) is 12.4 Å². The van der Waals surface area contributed by atoms with Crippen molar-refractivity contribution in [1.82, 2.24) is 5.32 Å². The summed E-state index contributed by atoms with van der Waals surface area (Å²) in [6, 6.07) is 12.7. The Labute approximate surface area is 148 Å². The summed E-state index contributed by atoms with van der Waals surface area (Å²) in [6.45, 7) is 5.11. The maximum Gasteiger partial charge on any atom is 0.319 e. The number of ether oxygens (including phenoxy) is 3. The summed E-state index contributed by atoms with van der Waals surface area (Å²) in [6.07, 6.45) is 0. The zero-order valence-electron chi connectivity index (χ0n) is 14.8. The monoisotopic (exact) mass is 344 g/mol. The highest BCUT2D eigenvalue weighted by Crippen LogP contribution is 2.27. The summed E-state index contributed by atoms with van der Waals surface area (Å²) in [7, 11) is 1.60. The molecule has 2 rings (SSSR count). The van der Waals surface area contributed by atoms with Crippen LogP contribution in [0.25, 0.3) is 0 Å². The fourth-order valence-electron chi connectivity index (χ4n) is 2.24. The third-order valence-electron chi connectivity index (χ3n) is 3.40. The number of para-hydroxylation sites is 2. The van der Waals surface area contributed by atoms with E-state index in [0.29, 0.717) is 42.7 Å². The van der Waals surface area contributed by atoms with Gasteiger partial charge in [-0.25, -0.2) is 4.79 Å². The zero-order valence-corrected chi connectivity index (χ0v) is 14.8. The minimum absolute atomic E-state index is 0.313. The van der Waals surface area contributed by atoms with Crippen LogP contribution in [0.4, 0.5) is 10.5 Å². The molecule has 2 N–H and O–H groups in total. The normalized spacial score (nSPS) is 10.0. The molecule has 0 fully saturated rings. The number of hydrogen-bond acceptors (Lipinski definition) is 4. The maximum atomic E-state index is 12.0. The van der Waals surface area contributed by atoms with Gasteiger partial charge < -0.3 is 24.8 Å². The average molecular weight is 344 g/mol. The Balaban J connectivity index is 1.80. The zero-order chi connectivity index (χ0) is 18.1. The van der Waals surface area contributed by atoms with Gasteiger partial charge in [-0.3, -0.25) is 0 Å². The van der Waals surface area contributed by atoms with Crippen molar-refractivity contribution in [2.45, 2.75) is 13.8 Å². The molecule has 0 aliphatic carbocycles. The molecule has 0 saturated heterocycles. The number of benzene rings is 2. The van der Waals surface area contributed by atoms with Gasteiger partial charge in [0.15, 0.2) is 11.5 Å². The second kappa shape index (κ2) is 9.42. The van der Waals surface area contributed by atoms with Crippen LogP contribution in [0.15, 0.2) is 42.5 Å². The first-order valence-corrected chi connectivity index (χ1v) is 8.18. The Morgan fingerprint density at radius 3 is 2.60 bits per heavy atom. The largest absolute Gasteiger partial charge is 0.493 e. The number of urea groups is 1. The van der Waals surface area contributed by atoms with Gasteiger partial charge in [0.05, 0.1) is 25.9 Å². The molecule has 0 atom stereocenters. The van der Waals surface area contributed by atoms with E-state index in [-0.39, 0.29) is 6.03 Å². The molecule has 2 aromatic rings. The summed E-state index contributed by atoms with van der Waals surface area (Å²) in [5.74, 6) is 1.97. The van der Waals surface area contributed by atoms with Crippen LogP contribution in [-0.2, 0) is 0 Å². The molecule has 0 aliphatic rings. The Kier molecular flexibility index (Phi) is 6.95. The molecule has 0 aromatic heterocycles. The second-order valence-corrected chi connectivity index (χ2v) is 5.31. The second-order valence-electron chi connectivity index (χ2n) is 5.31. The van der Waals surface area contributed by atoms with E-state index in [0.717, 1.165) is 5.56 Å². The topological polar surface area (TPSA) is 68.8 Å². The summed E-state index contributed by atoms with van der Waals surface area (Å²) < 4.78 is 16.4. The summed E-state index contributed by atoms with van der Waals surface area (Å²) in [5, 5.41) is 5.52. The smallest absolute Gasteiger partial charge is 0.319 e. The van der Waals surface area contributed by atoms with Crippen molar-refractivity contribution in [3.8, 4) is 17.2 Å². The lowest BCUT2D eigenvalue weighted by Crippen LogP contribution is -2.32. The van der Waals surface area contributed by atoms with Crippen LogP contribution in [0, 0.1) is 6.92 Å². The van der Waals surface area contributed by atoms with Crippen LogP contribution in [0.5, 0.6) is 17.2 Å². The highest BCUT2D eigenvalue weighted by atomic mass is 16.5. The lowest BCUT2D eigenvalue weighted by molar-refractivity contribution is 0.246. The number of carbonyl (C=O) groups excluding carboxylic acids is 1. The van der Waals surface area contributed by atoms with Crippen molar-refractivity contribution >= 4 is 11.7 Å². The first-order valence-electron chi connectivity index (χ1n) is 8.18. The lowest BCUT2D eigenvalue weighted by atomic mass is 10.2. The summed E-state index contributed by atoms with van der Waals surface area (Å²) >= 11 is 0. The number of nitrogens with one attached hydrogen (secondary N) is 2. The molecule has 134 valence electrons. The molecule has 0 bridgehead atoms. The van der Waals surface area contributed by atoms with Gasteiger partial charge in [-0.2, -0.15) is 0 Å². The number of carbonyl (C=O) groups is 1. The molecule has 0 spiro atoms. The molecule has 0 aliphatic heterocycles. The Morgan fingerprint density at radius 2 is 1.84 bits per heavy atom. The van der Waals surface area contributed by atoms with E-state index in [1.165, 1.54) is 0 Å². The lowest BCUT2D eigenvalue weighted by Gasteiger charge is -2.13. The van der Waals surface area contributed by atoms with E-state index >= 15 is 0 Å². The van der Waals surface area contributed by atoms with Crippen LogP contribution < -0.4 is 24.8 Å². The minimum atomic E-state index is -0.313. The van der Waals surface area contributed by atoms with E-state index in [4.69, 9.17) is 14.2 Å². The molecular weight excluding hydrogens is 320 g/mol. The van der Waals surface area contributed by atoms with Crippen molar-refractivity contribution in [3.63, 3.8) is 0 Å². The quantitative estimate of drug-likeness (QED) is 0.718. The third-order valence-corrected chi connectivity index (χ3v) is 3.40. The van der Waals surface area contributed by atoms with Gasteiger partial charge in [0.25, 0.3) is 0 Å². The van der Waals surface area contributed by atoms with E-state index in [1.807, 2.05) is 50.2 Å². The number of aryl methyl sites for hydroxylation is 1. The first kappa shape index (κ1) is 18.4. The SMILES string of the molecule is CCOc1ccccc1NC(=O)NCCOc1ccc(C)cc1OC. The number of methoxy groups -OCH3 is 1. The van der Waals surface area contributed by atoms with Crippen LogP contribution in [0.1, 0.15) is 12.5 Å².